The van der Waals surface area contributed by atoms with Gasteiger partial charge in [0.25, 0.3) is 0 Å². The van der Waals surface area contributed by atoms with E-state index in [0.29, 0.717) is 5.92 Å². The highest BCUT2D eigenvalue weighted by Gasteiger charge is 2.48. The molecule has 2 aliphatic heterocycles. The number of benzene rings is 2. The molecule has 0 saturated carbocycles. The Morgan fingerprint density at radius 2 is 1.23 bits per heavy atom. The molecule has 2 heterocycles. The van der Waals surface area contributed by atoms with Crippen molar-refractivity contribution in [2.45, 2.75) is 37.8 Å². The Labute approximate surface area is 166 Å². The van der Waals surface area contributed by atoms with Gasteiger partial charge in [-0.05, 0) is 46.9 Å². The van der Waals surface area contributed by atoms with Crippen molar-refractivity contribution in [3.05, 3.63) is 75.8 Å². The van der Waals surface area contributed by atoms with E-state index < -0.39 is 0 Å². The normalized spacial score (nSPS) is 26.5. The molecule has 4 rings (SSSR count). The Hall–Kier alpha value is -1.28. The van der Waals surface area contributed by atoms with Crippen LogP contribution in [0.3, 0.4) is 0 Å². The summed E-state index contributed by atoms with van der Waals surface area (Å²) in [5, 5.41) is 1.55. The summed E-state index contributed by atoms with van der Waals surface area (Å²) in [6.07, 6.45) is 7.83. The predicted octanol–water partition coefficient (Wildman–Crippen LogP) is 6.44. The maximum atomic E-state index is 6.11. The molecule has 2 unspecified atom stereocenters. The molecule has 0 spiro atoms. The van der Waals surface area contributed by atoms with Crippen molar-refractivity contribution >= 4 is 28.8 Å². The van der Waals surface area contributed by atoms with Crippen LogP contribution in [0, 0.1) is 5.92 Å². The van der Waals surface area contributed by atoms with Gasteiger partial charge in [-0.25, -0.2) is 0 Å². The van der Waals surface area contributed by atoms with E-state index in [0.717, 1.165) is 22.1 Å². The zero-order valence-electron chi connectivity index (χ0n) is 15.5. The van der Waals surface area contributed by atoms with Crippen LogP contribution in [0.2, 0.25) is 10.0 Å². The third-order valence-electron chi connectivity index (χ3n) is 6.58. The fraction of sp³-hybridized carbons (Fsp3) is 0.391. The lowest BCUT2D eigenvalue weighted by Gasteiger charge is -2.44. The number of fused-ring (bicyclic) bond motifs is 2. The second-order valence-electron chi connectivity index (χ2n) is 8.34. The highest BCUT2D eigenvalue weighted by molar-refractivity contribution is 6.31. The minimum Gasteiger partial charge on any atom is -0.324 e. The van der Waals surface area contributed by atoms with E-state index in [1.807, 2.05) is 24.3 Å². The molecular weight excluding hydrogens is 361 g/mol. The first-order valence-electron chi connectivity index (χ1n) is 9.50. The topological polar surface area (TPSA) is 0 Å². The van der Waals surface area contributed by atoms with Gasteiger partial charge in [-0.2, -0.15) is 0 Å². The van der Waals surface area contributed by atoms with Crippen molar-refractivity contribution in [3.63, 3.8) is 0 Å². The molecule has 2 fully saturated rings. The van der Waals surface area contributed by atoms with Crippen molar-refractivity contribution in [1.82, 2.24) is 0 Å². The molecule has 2 aromatic carbocycles. The summed E-state index contributed by atoms with van der Waals surface area (Å²) in [6.45, 7) is 0. The Morgan fingerprint density at radius 1 is 0.808 bits per heavy atom. The first-order valence-corrected chi connectivity index (χ1v) is 10.3. The Bertz CT molecular complexity index is 742. The Balaban J connectivity index is 1.70. The molecule has 3 heteroatoms. The monoisotopic (exact) mass is 386 g/mol. The highest BCUT2D eigenvalue weighted by Crippen LogP contribution is 2.43. The van der Waals surface area contributed by atoms with Crippen LogP contribution in [0.15, 0.2) is 54.6 Å². The predicted molar refractivity (Wildman–Crippen MR) is 112 cm³/mol. The SMILES string of the molecule is C[N+]1(C)C2CCC1CC(C=C(c1ccc(Cl)cc1)c1ccc(Cl)cc1)C2. The average molecular weight is 387 g/mol. The van der Waals surface area contributed by atoms with Crippen LogP contribution in [0.5, 0.6) is 0 Å². The summed E-state index contributed by atoms with van der Waals surface area (Å²) in [4.78, 5) is 0. The number of nitrogens with zero attached hydrogens (tertiary/aromatic N) is 1. The quantitative estimate of drug-likeness (QED) is 0.532. The first-order chi connectivity index (χ1) is 12.4. The first kappa shape index (κ1) is 18.1. The molecule has 0 radical (unpaired) electrons. The van der Waals surface area contributed by atoms with Crippen LogP contribution in [-0.2, 0) is 0 Å². The third-order valence-corrected chi connectivity index (χ3v) is 7.08. The fourth-order valence-corrected chi connectivity index (χ4v) is 5.16. The van der Waals surface area contributed by atoms with Gasteiger partial charge in [0.1, 0.15) is 0 Å². The van der Waals surface area contributed by atoms with Crippen LogP contribution in [0.1, 0.15) is 36.8 Å². The molecule has 26 heavy (non-hydrogen) atoms. The molecule has 0 aromatic heterocycles. The van der Waals surface area contributed by atoms with Crippen LogP contribution in [-0.4, -0.2) is 30.7 Å². The van der Waals surface area contributed by atoms with Gasteiger partial charge < -0.3 is 4.48 Å². The molecule has 0 amide bonds. The van der Waals surface area contributed by atoms with Gasteiger partial charge in [-0.3, -0.25) is 0 Å². The lowest BCUT2D eigenvalue weighted by Crippen LogP contribution is -2.54. The van der Waals surface area contributed by atoms with Gasteiger partial charge in [-0.15, -0.1) is 0 Å². The molecule has 2 aliphatic rings. The number of quaternary nitrogens is 1. The van der Waals surface area contributed by atoms with E-state index in [1.54, 1.807) is 0 Å². The maximum absolute atomic E-state index is 6.11. The van der Waals surface area contributed by atoms with Crippen molar-refractivity contribution < 1.29 is 4.48 Å². The largest absolute Gasteiger partial charge is 0.324 e. The average Bonchev–Trinajstić information content (AvgIpc) is 2.78. The van der Waals surface area contributed by atoms with E-state index in [2.05, 4.69) is 44.4 Å². The third kappa shape index (κ3) is 3.45. The van der Waals surface area contributed by atoms with Crippen LogP contribution >= 0.6 is 23.2 Å². The van der Waals surface area contributed by atoms with Crippen LogP contribution in [0.25, 0.3) is 5.57 Å². The van der Waals surface area contributed by atoms with Gasteiger partial charge >= 0.3 is 0 Å². The van der Waals surface area contributed by atoms with E-state index >= 15 is 0 Å². The van der Waals surface area contributed by atoms with E-state index in [4.69, 9.17) is 23.2 Å². The molecule has 0 N–H and O–H groups in total. The summed E-state index contributed by atoms with van der Waals surface area (Å²) >= 11 is 12.2. The number of piperidine rings is 1. The van der Waals surface area contributed by atoms with Crippen LogP contribution < -0.4 is 0 Å². The number of rotatable bonds is 3. The number of hydrogen-bond donors (Lipinski definition) is 0. The van der Waals surface area contributed by atoms with Gasteiger partial charge in [0.2, 0.25) is 0 Å². The van der Waals surface area contributed by atoms with Gasteiger partial charge in [0.15, 0.2) is 0 Å². The molecule has 2 saturated heterocycles. The fourth-order valence-electron chi connectivity index (χ4n) is 4.91. The summed E-state index contributed by atoms with van der Waals surface area (Å²) in [5.74, 6) is 0.639. The van der Waals surface area contributed by atoms with Crippen molar-refractivity contribution in [3.8, 4) is 0 Å². The van der Waals surface area contributed by atoms with Crippen molar-refractivity contribution in [2.75, 3.05) is 14.1 Å². The lowest BCUT2D eigenvalue weighted by molar-refractivity contribution is -0.931. The molecule has 2 atom stereocenters. The summed E-state index contributed by atoms with van der Waals surface area (Å²) in [6, 6.07) is 18.0. The van der Waals surface area contributed by atoms with Gasteiger partial charge in [-0.1, -0.05) is 53.5 Å². The van der Waals surface area contributed by atoms with E-state index in [9.17, 15) is 0 Å². The van der Waals surface area contributed by atoms with Gasteiger partial charge in [0.05, 0.1) is 26.2 Å². The van der Waals surface area contributed by atoms with E-state index in [-0.39, 0.29) is 0 Å². The summed E-state index contributed by atoms with van der Waals surface area (Å²) in [7, 11) is 4.84. The highest BCUT2D eigenvalue weighted by atomic mass is 35.5. The maximum Gasteiger partial charge on any atom is 0.0896 e. The molecule has 0 aliphatic carbocycles. The Kier molecular flexibility index (Phi) is 4.90. The van der Waals surface area contributed by atoms with Crippen LogP contribution in [0.4, 0.5) is 0 Å². The summed E-state index contributed by atoms with van der Waals surface area (Å²) < 4.78 is 1.21. The zero-order chi connectivity index (χ0) is 18.3. The van der Waals surface area contributed by atoms with Gasteiger partial charge in [0, 0.05) is 35.7 Å². The standard InChI is InChI=1S/C23H26Cl2N/c1-26(2)21-11-12-22(26)14-16(13-21)15-23(17-3-7-19(24)8-4-17)18-5-9-20(25)10-6-18/h3-10,15-16,21-22H,11-14H2,1-2H3/q+1. The molecule has 2 bridgehead atoms. The molecule has 136 valence electrons. The lowest BCUT2D eigenvalue weighted by atomic mass is 9.85. The smallest absolute Gasteiger partial charge is 0.0896 e. The van der Waals surface area contributed by atoms with Crippen molar-refractivity contribution in [2.24, 2.45) is 5.92 Å². The Morgan fingerprint density at radius 3 is 1.65 bits per heavy atom. The van der Waals surface area contributed by atoms with E-state index in [1.165, 1.54) is 46.9 Å². The minimum atomic E-state index is 0.639. The number of allylic oxidation sites excluding steroid dienone is 1. The molecular formula is C23H26Cl2N+. The minimum absolute atomic E-state index is 0.639. The summed E-state index contributed by atoms with van der Waals surface area (Å²) in [5.41, 5.74) is 3.75. The molecule has 1 nitrogen and oxygen atoms in total. The number of halogens is 2. The van der Waals surface area contributed by atoms with Crippen molar-refractivity contribution in [1.29, 1.82) is 0 Å². The molecule has 2 aromatic rings. The second-order valence-corrected chi connectivity index (χ2v) is 9.21. The number of hydrogen-bond acceptors (Lipinski definition) is 0. The second kappa shape index (κ2) is 7.03. The zero-order valence-corrected chi connectivity index (χ0v) is 17.0.